The van der Waals surface area contributed by atoms with Gasteiger partial charge in [-0.1, -0.05) is 20.3 Å². The molecule has 0 radical (unpaired) electrons. The van der Waals surface area contributed by atoms with Gasteiger partial charge in [0.2, 0.25) is 0 Å². The van der Waals surface area contributed by atoms with Gasteiger partial charge in [0.15, 0.2) is 0 Å². The van der Waals surface area contributed by atoms with Gasteiger partial charge in [0.1, 0.15) is 0 Å². The van der Waals surface area contributed by atoms with Crippen LogP contribution in [0, 0.1) is 5.92 Å². The van der Waals surface area contributed by atoms with Gasteiger partial charge in [0, 0.05) is 19.2 Å². The van der Waals surface area contributed by atoms with E-state index in [1.807, 2.05) is 0 Å². The molecule has 1 N–H and O–H groups in total. The Labute approximate surface area is 113 Å². The Morgan fingerprint density at radius 3 is 2.72 bits per heavy atom. The summed E-state index contributed by atoms with van der Waals surface area (Å²) in [5.74, 6) is 0.638. The van der Waals surface area contributed by atoms with E-state index in [1.54, 1.807) is 7.11 Å². The van der Waals surface area contributed by atoms with Crippen LogP contribution in [0.3, 0.4) is 0 Å². The van der Waals surface area contributed by atoms with Crippen LogP contribution in [0.1, 0.15) is 46.5 Å². The zero-order chi connectivity index (χ0) is 13.4. The van der Waals surface area contributed by atoms with Crippen LogP contribution < -0.4 is 5.32 Å². The van der Waals surface area contributed by atoms with E-state index in [1.165, 1.54) is 38.8 Å². The molecule has 1 heterocycles. The van der Waals surface area contributed by atoms with Crippen molar-refractivity contribution in [2.75, 3.05) is 33.4 Å². The number of nitrogens with zero attached hydrogens (tertiary/aromatic N) is 1. The summed E-state index contributed by atoms with van der Waals surface area (Å²) in [5.41, 5.74) is 0. The Balaban J connectivity index is 2.12. The average Bonchev–Trinajstić information content (AvgIpc) is 2.35. The summed E-state index contributed by atoms with van der Waals surface area (Å²) in [6.07, 6.45) is 5.43. The van der Waals surface area contributed by atoms with Crippen LogP contribution in [0.15, 0.2) is 0 Å². The average molecular weight is 256 g/mol. The Kier molecular flexibility index (Phi) is 7.87. The SMILES string of the molecule is COCC(NCCCN1CCCCC1C)C(C)C. The lowest BCUT2D eigenvalue weighted by atomic mass is 10.0. The molecular weight excluding hydrogens is 224 g/mol. The lowest BCUT2D eigenvalue weighted by Crippen LogP contribution is -2.41. The topological polar surface area (TPSA) is 24.5 Å². The van der Waals surface area contributed by atoms with Crippen LogP contribution in [0.5, 0.6) is 0 Å². The number of methoxy groups -OCH3 is 1. The van der Waals surface area contributed by atoms with E-state index >= 15 is 0 Å². The number of rotatable bonds is 8. The molecule has 0 saturated carbocycles. The summed E-state index contributed by atoms with van der Waals surface area (Å²) in [6, 6.07) is 1.28. The Hall–Kier alpha value is -0.120. The first-order valence-corrected chi connectivity index (χ1v) is 7.61. The van der Waals surface area contributed by atoms with Crippen LogP contribution in [0.25, 0.3) is 0 Å². The molecule has 0 aromatic rings. The molecule has 18 heavy (non-hydrogen) atoms. The molecular formula is C15H32N2O. The van der Waals surface area contributed by atoms with Crippen LogP contribution in [-0.2, 0) is 4.74 Å². The van der Waals surface area contributed by atoms with Gasteiger partial charge >= 0.3 is 0 Å². The van der Waals surface area contributed by atoms with Crippen molar-refractivity contribution in [3.05, 3.63) is 0 Å². The molecule has 3 heteroatoms. The first-order chi connectivity index (χ1) is 8.65. The molecule has 0 aromatic heterocycles. The van der Waals surface area contributed by atoms with Gasteiger partial charge in [-0.3, -0.25) is 0 Å². The molecule has 1 rings (SSSR count). The standard InChI is InChI=1S/C15H32N2O/c1-13(2)15(12-18-4)16-9-7-11-17-10-6-5-8-14(17)3/h13-16H,5-12H2,1-4H3. The number of hydrogen-bond acceptors (Lipinski definition) is 3. The second-order valence-corrected chi connectivity index (χ2v) is 5.99. The highest BCUT2D eigenvalue weighted by molar-refractivity contribution is 4.74. The summed E-state index contributed by atoms with van der Waals surface area (Å²) in [6.45, 7) is 11.3. The second-order valence-electron chi connectivity index (χ2n) is 5.99. The van der Waals surface area contributed by atoms with E-state index in [2.05, 4.69) is 31.0 Å². The fraction of sp³-hybridized carbons (Fsp3) is 1.00. The summed E-state index contributed by atoms with van der Waals surface area (Å²) < 4.78 is 5.26. The van der Waals surface area contributed by atoms with E-state index in [4.69, 9.17) is 4.74 Å². The predicted octanol–water partition coefficient (Wildman–Crippen LogP) is 2.51. The molecule has 3 nitrogen and oxygen atoms in total. The van der Waals surface area contributed by atoms with Gasteiger partial charge in [-0.25, -0.2) is 0 Å². The third-order valence-corrected chi connectivity index (χ3v) is 4.12. The fourth-order valence-electron chi connectivity index (χ4n) is 2.73. The first kappa shape index (κ1) is 15.9. The number of piperidine rings is 1. The molecule has 1 aliphatic heterocycles. The van der Waals surface area contributed by atoms with Crippen molar-refractivity contribution < 1.29 is 4.74 Å². The van der Waals surface area contributed by atoms with Crippen molar-refractivity contribution in [2.45, 2.75) is 58.5 Å². The fourth-order valence-corrected chi connectivity index (χ4v) is 2.73. The van der Waals surface area contributed by atoms with E-state index in [-0.39, 0.29) is 0 Å². The van der Waals surface area contributed by atoms with Gasteiger partial charge in [0.05, 0.1) is 6.61 Å². The quantitative estimate of drug-likeness (QED) is 0.675. The Morgan fingerprint density at radius 2 is 2.11 bits per heavy atom. The van der Waals surface area contributed by atoms with E-state index < -0.39 is 0 Å². The zero-order valence-electron chi connectivity index (χ0n) is 12.7. The van der Waals surface area contributed by atoms with Gasteiger partial charge in [-0.15, -0.1) is 0 Å². The third-order valence-electron chi connectivity index (χ3n) is 4.12. The van der Waals surface area contributed by atoms with Crippen molar-refractivity contribution in [3.63, 3.8) is 0 Å². The normalized spacial score (nSPS) is 23.5. The van der Waals surface area contributed by atoms with Crippen LogP contribution >= 0.6 is 0 Å². The van der Waals surface area contributed by atoms with Gasteiger partial charge in [0.25, 0.3) is 0 Å². The maximum atomic E-state index is 5.26. The zero-order valence-corrected chi connectivity index (χ0v) is 12.7. The molecule has 0 aromatic carbocycles. The number of nitrogens with one attached hydrogen (secondary N) is 1. The van der Waals surface area contributed by atoms with Crippen LogP contribution in [0.2, 0.25) is 0 Å². The van der Waals surface area contributed by atoms with Crippen molar-refractivity contribution >= 4 is 0 Å². The number of hydrogen-bond donors (Lipinski definition) is 1. The molecule has 0 amide bonds. The number of ether oxygens (including phenoxy) is 1. The maximum absolute atomic E-state index is 5.26. The van der Waals surface area contributed by atoms with E-state index in [0.717, 1.165) is 19.2 Å². The smallest absolute Gasteiger partial charge is 0.0618 e. The van der Waals surface area contributed by atoms with Crippen LogP contribution in [-0.4, -0.2) is 50.3 Å². The minimum Gasteiger partial charge on any atom is -0.383 e. The van der Waals surface area contributed by atoms with Crippen molar-refractivity contribution in [2.24, 2.45) is 5.92 Å². The molecule has 108 valence electrons. The van der Waals surface area contributed by atoms with Crippen molar-refractivity contribution in [3.8, 4) is 0 Å². The van der Waals surface area contributed by atoms with Gasteiger partial charge in [-0.05, 0) is 51.7 Å². The molecule has 1 aliphatic rings. The van der Waals surface area contributed by atoms with E-state index in [0.29, 0.717) is 12.0 Å². The minimum absolute atomic E-state index is 0.494. The summed E-state index contributed by atoms with van der Waals surface area (Å²) in [5, 5.41) is 3.62. The summed E-state index contributed by atoms with van der Waals surface area (Å²) >= 11 is 0. The molecule has 0 bridgehead atoms. The summed E-state index contributed by atoms with van der Waals surface area (Å²) in [4.78, 5) is 2.64. The van der Waals surface area contributed by atoms with Crippen LogP contribution in [0.4, 0.5) is 0 Å². The second kappa shape index (κ2) is 8.89. The molecule has 1 fully saturated rings. The molecule has 1 saturated heterocycles. The van der Waals surface area contributed by atoms with Crippen molar-refractivity contribution in [1.29, 1.82) is 0 Å². The molecule has 2 atom stereocenters. The first-order valence-electron chi connectivity index (χ1n) is 7.61. The number of likely N-dealkylation sites (tertiary alicyclic amines) is 1. The lowest BCUT2D eigenvalue weighted by molar-refractivity contribution is 0.140. The molecule has 0 aliphatic carbocycles. The maximum Gasteiger partial charge on any atom is 0.0618 e. The Morgan fingerprint density at radius 1 is 1.33 bits per heavy atom. The highest BCUT2D eigenvalue weighted by atomic mass is 16.5. The van der Waals surface area contributed by atoms with Gasteiger partial charge in [-0.2, -0.15) is 0 Å². The van der Waals surface area contributed by atoms with Gasteiger partial charge < -0.3 is 15.0 Å². The third kappa shape index (κ3) is 5.68. The monoisotopic (exact) mass is 256 g/mol. The summed E-state index contributed by atoms with van der Waals surface area (Å²) in [7, 11) is 1.78. The molecule has 2 unspecified atom stereocenters. The van der Waals surface area contributed by atoms with Crippen molar-refractivity contribution in [1.82, 2.24) is 10.2 Å². The van der Waals surface area contributed by atoms with E-state index in [9.17, 15) is 0 Å². The molecule has 0 spiro atoms. The predicted molar refractivity (Wildman–Crippen MR) is 78.0 cm³/mol. The highest BCUT2D eigenvalue weighted by Gasteiger charge is 2.17. The Bertz CT molecular complexity index is 203. The highest BCUT2D eigenvalue weighted by Crippen LogP contribution is 2.16. The lowest BCUT2D eigenvalue weighted by Gasteiger charge is -2.33. The largest absolute Gasteiger partial charge is 0.383 e. The minimum atomic E-state index is 0.494.